The van der Waals surface area contributed by atoms with Gasteiger partial charge >= 0.3 is 5.97 Å². The van der Waals surface area contributed by atoms with Crippen LogP contribution in [0.2, 0.25) is 0 Å². The lowest BCUT2D eigenvalue weighted by atomic mass is 10.1. The average Bonchev–Trinajstić information content (AvgIpc) is 3.26. The number of ether oxygens (including phenoxy) is 1. The third-order valence-corrected chi connectivity index (χ3v) is 4.83. The third-order valence-electron chi connectivity index (χ3n) is 4.83. The number of amides is 1. The van der Waals surface area contributed by atoms with E-state index in [-0.39, 0.29) is 5.56 Å². The topological polar surface area (TPSA) is 92.9 Å². The van der Waals surface area contributed by atoms with E-state index in [0.29, 0.717) is 22.7 Å². The molecule has 3 aromatic carbocycles. The smallest absolute Gasteiger partial charge is 0.335 e. The highest BCUT2D eigenvalue weighted by atomic mass is 16.5. The Bertz CT molecular complexity index is 1310. The van der Waals surface area contributed by atoms with Gasteiger partial charge in [0.15, 0.2) is 0 Å². The van der Waals surface area contributed by atoms with Crippen LogP contribution in [-0.4, -0.2) is 34.9 Å². The molecule has 0 aliphatic carbocycles. The van der Waals surface area contributed by atoms with Gasteiger partial charge in [-0.2, -0.15) is 5.10 Å². The molecular formula is C24H19N3O4. The first kappa shape index (κ1) is 19.9. The Kier molecular flexibility index (Phi) is 5.49. The maximum absolute atomic E-state index is 12.7. The number of benzene rings is 3. The van der Waals surface area contributed by atoms with Crippen molar-refractivity contribution in [1.29, 1.82) is 0 Å². The number of carboxylic acid groups (broad SMARTS) is 1. The van der Waals surface area contributed by atoms with Crippen LogP contribution in [0.15, 0.2) is 84.1 Å². The molecule has 1 heterocycles. The Balaban J connectivity index is 1.56. The fraction of sp³-hybridized carbons (Fsp3) is 0.0417. The van der Waals surface area contributed by atoms with E-state index < -0.39 is 11.9 Å². The van der Waals surface area contributed by atoms with Crippen LogP contribution in [0.5, 0.6) is 5.75 Å². The van der Waals surface area contributed by atoms with Crippen LogP contribution in [0, 0.1) is 0 Å². The van der Waals surface area contributed by atoms with Crippen molar-refractivity contribution in [2.24, 2.45) is 5.10 Å². The number of nitrogens with one attached hydrogen (secondary N) is 1. The first-order valence-electron chi connectivity index (χ1n) is 9.48. The Morgan fingerprint density at radius 3 is 2.52 bits per heavy atom. The Morgan fingerprint density at radius 2 is 1.77 bits per heavy atom. The maximum atomic E-state index is 12.7. The van der Waals surface area contributed by atoms with Crippen LogP contribution in [0.4, 0.5) is 0 Å². The Hall–Kier alpha value is -4.39. The number of hydrogen-bond acceptors (Lipinski definition) is 4. The Morgan fingerprint density at radius 1 is 1.00 bits per heavy atom. The largest absolute Gasteiger partial charge is 0.496 e. The lowest BCUT2D eigenvalue weighted by molar-refractivity contribution is 0.0696. The first-order chi connectivity index (χ1) is 15.1. The van der Waals surface area contributed by atoms with Gasteiger partial charge in [-0.3, -0.25) is 4.79 Å². The number of nitrogens with zero attached hydrogens (tertiary/aromatic N) is 2. The predicted octanol–water partition coefficient (Wildman–Crippen LogP) is 4.10. The number of hydrogen-bond donors (Lipinski definition) is 2. The van der Waals surface area contributed by atoms with Crippen molar-refractivity contribution < 1.29 is 19.4 Å². The molecule has 0 fully saturated rings. The molecule has 0 saturated carbocycles. The third kappa shape index (κ3) is 4.16. The lowest BCUT2D eigenvalue weighted by Crippen LogP contribution is -2.18. The van der Waals surface area contributed by atoms with Gasteiger partial charge in [-0.25, -0.2) is 10.2 Å². The van der Waals surface area contributed by atoms with E-state index in [1.807, 2.05) is 36.4 Å². The number of carbonyl (C=O) groups is 2. The maximum Gasteiger partial charge on any atom is 0.335 e. The summed E-state index contributed by atoms with van der Waals surface area (Å²) in [7, 11) is 1.52. The van der Waals surface area contributed by atoms with E-state index in [4.69, 9.17) is 4.74 Å². The van der Waals surface area contributed by atoms with E-state index in [9.17, 15) is 14.7 Å². The molecule has 0 atom stereocenters. The molecule has 0 unspecified atom stereocenters. The molecule has 2 N–H and O–H groups in total. The van der Waals surface area contributed by atoms with Gasteiger partial charge in [-0.1, -0.05) is 30.3 Å². The van der Waals surface area contributed by atoms with Gasteiger partial charge in [-0.15, -0.1) is 0 Å². The number of rotatable bonds is 6. The van der Waals surface area contributed by atoms with Crippen molar-refractivity contribution in [2.75, 3.05) is 7.11 Å². The van der Waals surface area contributed by atoms with E-state index in [1.54, 1.807) is 41.1 Å². The number of carboxylic acids is 1. The second-order valence-electron chi connectivity index (χ2n) is 6.76. The summed E-state index contributed by atoms with van der Waals surface area (Å²) in [6, 6.07) is 21.5. The SMILES string of the molecule is COc1cc2ccccc2cc1C(=O)NN=Cc1cccn1-c1cccc(C(=O)O)c1. The van der Waals surface area contributed by atoms with Crippen LogP contribution in [0.25, 0.3) is 16.5 Å². The van der Waals surface area contributed by atoms with Crippen molar-refractivity contribution in [3.8, 4) is 11.4 Å². The number of carbonyl (C=O) groups excluding carboxylic acids is 1. The fourth-order valence-electron chi connectivity index (χ4n) is 3.31. The molecule has 4 aromatic rings. The van der Waals surface area contributed by atoms with E-state index in [2.05, 4.69) is 10.5 Å². The molecule has 0 bridgehead atoms. The van der Waals surface area contributed by atoms with Gasteiger partial charge in [-0.05, 0) is 53.2 Å². The molecule has 1 amide bonds. The second-order valence-corrected chi connectivity index (χ2v) is 6.76. The molecule has 0 spiro atoms. The number of fused-ring (bicyclic) bond motifs is 1. The molecule has 0 aliphatic rings. The highest BCUT2D eigenvalue weighted by Crippen LogP contribution is 2.25. The number of aromatic carboxylic acids is 1. The van der Waals surface area contributed by atoms with Gasteiger partial charge in [0.25, 0.3) is 5.91 Å². The lowest BCUT2D eigenvalue weighted by Gasteiger charge is -2.09. The summed E-state index contributed by atoms with van der Waals surface area (Å²) in [5.74, 6) is -0.939. The highest BCUT2D eigenvalue weighted by Gasteiger charge is 2.13. The van der Waals surface area contributed by atoms with Crippen molar-refractivity contribution in [3.05, 3.63) is 95.8 Å². The molecule has 0 saturated heterocycles. The van der Waals surface area contributed by atoms with Gasteiger partial charge in [0.2, 0.25) is 0 Å². The summed E-state index contributed by atoms with van der Waals surface area (Å²) in [6.07, 6.45) is 3.29. The molecule has 0 radical (unpaired) electrons. The zero-order chi connectivity index (χ0) is 21.8. The second kappa shape index (κ2) is 8.54. The van der Waals surface area contributed by atoms with Crippen LogP contribution in [0.1, 0.15) is 26.4 Å². The minimum atomic E-state index is -0.999. The molecule has 31 heavy (non-hydrogen) atoms. The molecule has 1 aromatic heterocycles. The summed E-state index contributed by atoms with van der Waals surface area (Å²) in [4.78, 5) is 23.9. The number of methoxy groups -OCH3 is 1. The molecule has 4 rings (SSSR count). The monoisotopic (exact) mass is 413 g/mol. The molecule has 0 aliphatic heterocycles. The summed E-state index contributed by atoms with van der Waals surface area (Å²) < 4.78 is 7.15. The van der Waals surface area contributed by atoms with Gasteiger partial charge in [0, 0.05) is 11.9 Å². The number of aromatic nitrogens is 1. The molecule has 7 heteroatoms. The van der Waals surface area contributed by atoms with Crippen molar-refractivity contribution in [2.45, 2.75) is 0 Å². The van der Waals surface area contributed by atoms with E-state index in [0.717, 1.165) is 10.8 Å². The zero-order valence-corrected chi connectivity index (χ0v) is 16.6. The van der Waals surface area contributed by atoms with Gasteiger partial charge < -0.3 is 14.4 Å². The van der Waals surface area contributed by atoms with Gasteiger partial charge in [0.1, 0.15) is 5.75 Å². The van der Waals surface area contributed by atoms with Crippen LogP contribution < -0.4 is 10.2 Å². The van der Waals surface area contributed by atoms with Crippen molar-refractivity contribution in [3.63, 3.8) is 0 Å². The normalized spacial score (nSPS) is 11.0. The highest BCUT2D eigenvalue weighted by molar-refractivity contribution is 6.02. The first-order valence-corrected chi connectivity index (χ1v) is 9.48. The van der Waals surface area contributed by atoms with E-state index in [1.165, 1.54) is 19.4 Å². The van der Waals surface area contributed by atoms with Crippen molar-refractivity contribution in [1.82, 2.24) is 9.99 Å². The zero-order valence-electron chi connectivity index (χ0n) is 16.6. The summed E-state index contributed by atoms with van der Waals surface area (Å²) in [5, 5.41) is 15.2. The minimum Gasteiger partial charge on any atom is -0.496 e. The standard InChI is InChI=1S/C24H19N3O4/c1-31-22-14-17-7-3-2-6-16(17)13-21(22)23(28)26-25-15-20-10-5-11-27(20)19-9-4-8-18(12-19)24(29)30/h2-15H,1H3,(H,26,28)(H,29,30). The fourth-order valence-corrected chi connectivity index (χ4v) is 3.31. The molecule has 7 nitrogen and oxygen atoms in total. The molecular weight excluding hydrogens is 394 g/mol. The summed E-state index contributed by atoms with van der Waals surface area (Å²) >= 11 is 0. The average molecular weight is 413 g/mol. The van der Waals surface area contributed by atoms with Crippen LogP contribution in [0.3, 0.4) is 0 Å². The summed E-state index contributed by atoms with van der Waals surface area (Å²) in [5.41, 5.74) is 4.44. The van der Waals surface area contributed by atoms with Gasteiger partial charge in [0.05, 0.1) is 30.1 Å². The van der Waals surface area contributed by atoms with Crippen LogP contribution >= 0.6 is 0 Å². The summed E-state index contributed by atoms with van der Waals surface area (Å²) in [6.45, 7) is 0. The van der Waals surface area contributed by atoms with E-state index >= 15 is 0 Å². The van der Waals surface area contributed by atoms with Crippen molar-refractivity contribution >= 4 is 28.9 Å². The number of hydrazone groups is 1. The minimum absolute atomic E-state index is 0.186. The predicted molar refractivity (Wildman–Crippen MR) is 118 cm³/mol. The molecule has 154 valence electrons. The Labute approximate surface area is 178 Å². The quantitative estimate of drug-likeness (QED) is 0.368. The van der Waals surface area contributed by atoms with Crippen LogP contribution in [-0.2, 0) is 0 Å².